The summed E-state index contributed by atoms with van der Waals surface area (Å²) in [6.45, 7) is 0.503. The second kappa shape index (κ2) is 6.85. The van der Waals surface area contributed by atoms with Gasteiger partial charge >= 0.3 is 0 Å². The number of halogens is 1. The summed E-state index contributed by atoms with van der Waals surface area (Å²) in [6.07, 6.45) is 3.50. The maximum Gasteiger partial charge on any atom is 0.261 e. The first-order valence-electron chi connectivity index (χ1n) is 6.76. The normalized spacial score (nSPS) is 10.4. The Labute approximate surface area is 141 Å². The van der Waals surface area contributed by atoms with Crippen LogP contribution < -0.4 is 5.32 Å². The second-order valence-electron chi connectivity index (χ2n) is 4.67. The summed E-state index contributed by atoms with van der Waals surface area (Å²) in [4.78, 5) is 18.0. The van der Waals surface area contributed by atoms with Crippen LogP contribution in [-0.2, 0) is 6.54 Å². The summed E-state index contributed by atoms with van der Waals surface area (Å²) in [5, 5.41) is 2.95. The fraction of sp³-hybridized carbons (Fsp3) is 0.0588. The highest BCUT2D eigenvalue weighted by Gasteiger charge is 2.10. The van der Waals surface area contributed by atoms with Crippen molar-refractivity contribution in [2.75, 3.05) is 0 Å². The van der Waals surface area contributed by atoms with E-state index in [4.69, 9.17) is 0 Å². The minimum Gasteiger partial charge on any atom is -0.347 e. The molecule has 3 aromatic rings. The lowest BCUT2D eigenvalue weighted by Crippen LogP contribution is -2.21. The summed E-state index contributed by atoms with van der Waals surface area (Å²) >= 11 is 4.96. The maximum absolute atomic E-state index is 12.2. The Morgan fingerprint density at radius 1 is 1.09 bits per heavy atom. The molecule has 0 radical (unpaired) electrons. The van der Waals surface area contributed by atoms with Crippen LogP contribution in [0, 0.1) is 0 Å². The third kappa shape index (κ3) is 3.43. The molecule has 22 heavy (non-hydrogen) atoms. The van der Waals surface area contributed by atoms with E-state index < -0.39 is 0 Å². The zero-order valence-corrected chi connectivity index (χ0v) is 14.0. The van der Waals surface area contributed by atoms with Crippen LogP contribution in [0.15, 0.2) is 65.4 Å². The van der Waals surface area contributed by atoms with Gasteiger partial charge in [0, 0.05) is 28.3 Å². The number of benzene rings is 1. The molecule has 0 fully saturated rings. The molecule has 3 rings (SSSR count). The summed E-state index contributed by atoms with van der Waals surface area (Å²) in [7, 11) is 0. The predicted octanol–water partition coefficient (Wildman–Crippen LogP) is 4.50. The highest BCUT2D eigenvalue weighted by molar-refractivity contribution is 9.10. The van der Waals surface area contributed by atoms with Gasteiger partial charge in [-0.05, 0) is 41.5 Å². The fourth-order valence-electron chi connectivity index (χ4n) is 2.04. The van der Waals surface area contributed by atoms with E-state index in [0.717, 1.165) is 20.5 Å². The number of carbonyl (C=O) groups is 1. The number of rotatable bonds is 4. The Balaban J connectivity index is 1.69. The van der Waals surface area contributed by atoms with Crippen LogP contribution in [0.3, 0.4) is 0 Å². The number of aromatic nitrogens is 1. The van der Waals surface area contributed by atoms with Crippen molar-refractivity contribution in [3.8, 4) is 10.4 Å². The van der Waals surface area contributed by atoms with Gasteiger partial charge in [-0.25, -0.2) is 0 Å². The van der Waals surface area contributed by atoms with Crippen LogP contribution in [-0.4, -0.2) is 10.9 Å². The highest BCUT2D eigenvalue weighted by Crippen LogP contribution is 2.27. The third-order valence-electron chi connectivity index (χ3n) is 3.19. The Hall–Kier alpha value is -1.98. The van der Waals surface area contributed by atoms with E-state index in [2.05, 4.69) is 26.2 Å². The lowest BCUT2D eigenvalue weighted by molar-refractivity contribution is 0.0955. The Kier molecular flexibility index (Phi) is 4.65. The van der Waals surface area contributed by atoms with Gasteiger partial charge in [-0.1, -0.05) is 34.1 Å². The largest absolute Gasteiger partial charge is 0.347 e. The first-order valence-corrected chi connectivity index (χ1v) is 8.37. The summed E-state index contributed by atoms with van der Waals surface area (Å²) in [5.41, 5.74) is 2.13. The van der Waals surface area contributed by atoms with Crippen molar-refractivity contribution < 1.29 is 4.79 Å². The molecule has 0 bridgehead atoms. The smallest absolute Gasteiger partial charge is 0.261 e. The molecule has 0 aliphatic heterocycles. The number of hydrogen-bond donors (Lipinski definition) is 1. The van der Waals surface area contributed by atoms with Crippen molar-refractivity contribution in [2.24, 2.45) is 0 Å². The van der Waals surface area contributed by atoms with Crippen molar-refractivity contribution >= 4 is 33.2 Å². The molecule has 2 heterocycles. The van der Waals surface area contributed by atoms with Crippen molar-refractivity contribution in [2.45, 2.75) is 6.54 Å². The molecule has 0 spiro atoms. The Morgan fingerprint density at radius 2 is 1.86 bits per heavy atom. The summed E-state index contributed by atoms with van der Waals surface area (Å²) in [5.74, 6) is -0.0546. The first-order chi connectivity index (χ1) is 10.7. The van der Waals surface area contributed by atoms with Crippen LogP contribution in [0.2, 0.25) is 0 Å². The van der Waals surface area contributed by atoms with Gasteiger partial charge in [-0.2, -0.15) is 0 Å². The molecular formula is C17H13BrN2OS. The number of pyridine rings is 1. The molecule has 1 amide bonds. The molecule has 0 saturated heterocycles. The molecule has 2 aromatic heterocycles. The van der Waals surface area contributed by atoms with E-state index in [1.807, 2.05) is 48.5 Å². The van der Waals surface area contributed by atoms with Crippen molar-refractivity contribution in [3.05, 3.63) is 75.8 Å². The molecule has 0 aliphatic carbocycles. The lowest BCUT2D eigenvalue weighted by atomic mass is 10.2. The first kappa shape index (κ1) is 14.9. The van der Waals surface area contributed by atoms with Gasteiger partial charge < -0.3 is 5.32 Å². The fourth-order valence-corrected chi connectivity index (χ4v) is 3.39. The molecule has 3 nitrogen and oxygen atoms in total. The van der Waals surface area contributed by atoms with Crippen molar-refractivity contribution in [1.82, 2.24) is 10.3 Å². The molecule has 0 aliphatic rings. The van der Waals surface area contributed by atoms with Gasteiger partial charge in [0.15, 0.2) is 0 Å². The molecule has 110 valence electrons. The average molecular weight is 373 g/mol. The van der Waals surface area contributed by atoms with Gasteiger partial charge in [-0.15, -0.1) is 11.3 Å². The van der Waals surface area contributed by atoms with Crippen LogP contribution in [0.25, 0.3) is 10.4 Å². The summed E-state index contributed by atoms with van der Waals surface area (Å²) < 4.78 is 0.999. The molecule has 1 N–H and O–H groups in total. The summed E-state index contributed by atoms with van der Waals surface area (Å²) in [6, 6.07) is 15.6. The van der Waals surface area contributed by atoms with Crippen LogP contribution in [0.4, 0.5) is 0 Å². The number of thiophene rings is 1. The average Bonchev–Trinajstić information content (AvgIpc) is 3.05. The van der Waals surface area contributed by atoms with E-state index in [1.165, 1.54) is 11.3 Å². The van der Waals surface area contributed by atoms with Gasteiger partial charge in [0.1, 0.15) is 0 Å². The number of nitrogens with zero attached hydrogens (tertiary/aromatic N) is 1. The molecule has 0 saturated carbocycles. The minimum atomic E-state index is -0.0546. The van der Waals surface area contributed by atoms with E-state index in [9.17, 15) is 4.79 Å². The van der Waals surface area contributed by atoms with E-state index in [1.54, 1.807) is 12.4 Å². The van der Waals surface area contributed by atoms with Gasteiger partial charge in [0.25, 0.3) is 5.91 Å². The number of hydrogen-bond acceptors (Lipinski definition) is 3. The molecule has 5 heteroatoms. The number of amides is 1. The molecule has 0 atom stereocenters. The van der Waals surface area contributed by atoms with Crippen LogP contribution >= 0.6 is 27.3 Å². The number of carbonyl (C=O) groups excluding carboxylic acids is 1. The zero-order valence-electron chi connectivity index (χ0n) is 11.6. The Morgan fingerprint density at radius 3 is 2.64 bits per heavy atom. The maximum atomic E-state index is 12.2. The van der Waals surface area contributed by atoms with E-state index in [0.29, 0.717) is 11.4 Å². The monoisotopic (exact) mass is 372 g/mol. The topological polar surface area (TPSA) is 42.0 Å². The molecular weight excluding hydrogens is 360 g/mol. The van der Waals surface area contributed by atoms with E-state index >= 15 is 0 Å². The highest BCUT2D eigenvalue weighted by atomic mass is 79.9. The lowest BCUT2D eigenvalue weighted by Gasteiger charge is -2.05. The van der Waals surface area contributed by atoms with Crippen molar-refractivity contribution in [3.63, 3.8) is 0 Å². The number of nitrogens with one attached hydrogen (secondary N) is 1. The van der Waals surface area contributed by atoms with Crippen molar-refractivity contribution in [1.29, 1.82) is 0 Å². The van der Waals surface area contributed by atoms with Gasteiger partial charge in [-0.3, -0.25) is 9.78 Å². The molecule has 0 unspecified atom stereocenters. The predicted molar refractivity (Wildman–Crippen MR) is 92.9 cm³/mol. The quantitative estimate of drug-likeness (QED) is 0.732. The van der Waals surface area contributed by atoms with Crippen LogP contribution in [0.1, 0.15) is 15.2 Å². The second-order valence-corrected chi connectivity index (χ2v) is 6.61. The van der Waals surface area contributed by atoms with E-state index in [-0.39, 0.29) is 5.91 Å². The zero-order chi connectivity index (χ0) is 15.4. The SMILES string of the molecule is O=C(NCc1ccccc1Br)c1ccc(-c2ccncc2)s1. The van der Waals surface area contributed by atoms with Gasteiger partial charge in [0.05, 0.1) is 4.88 Å². The third-order valence-corrected chi connectivity index (χ3v) is 5.10. The van der Waals surface area contributed by atoms with Crippen LogP contribution in [0.5, 0.6) is 0 Å². The Bertz CT molecular complexity index is 786. The van der Waals surface area contributed by atoms with Gasteiger partial charge in [0.2, 0.25) is 0 Å². The minimum absolute atomic E-state index is 0.0546. The molecule has 1 aromatic carbocycles. The standard InChI is InChI=1S/C17H13BrN2OS/c18-14-4-2-1-3-13(14)11-20-17(21)16-6-5-15(22-16)12-7-9-19-10-8-12/h1-10H,11H2,(H,20,21).